The number of anilines is 2. The van der Waals surface area contributed by atoms with Crippen LogP contribution in [0.2, 0.25) is 0 Å². The van der Waals surface area contributed by atoms with E-state index in [0.717, 1.165) is 15.0 Å². The molecule has 7 nitrogen and oxygen atoms in total. The van der Waals surface area contributed by atoms with Crippen molar-refractivity contribution in [1.82, 2.24) is 0 Å². The molecule has 0 fully saturated rings. The summed E-state index contributed by atoms with van der Waals surface area (Å²) in [5.74, 6) is -1.19. The number of nitrogens with zero attached hydrogens (tertiary/aromatic N) is 1. The molecule has 0 heterocycles. The van der Waals surface area contributed by atoms with Gasteiger partial charge >= 0.3 is 5.97 Å². The summed E-state index contributed by atoms with van der Waals surface area (Å²) in [6.45, 7) is -0.435. The van der Waals surface area contributed by atoms with Gasteiger partial charge in [-0.2, -0.15) is 0 Å². The van der Waals surface area contributed by atoms with E-state index in [2.05, 4.69) is 26.0 Å². The van der Waals surface area contributed by atoms with Crippen molar-refractivity contribution >= 4 is 49.2 Å². The Kier molecular flexibility index (Phi) is 6.38. The highest BCUT2D eigenvalue weighted by atomic mass is 79.9. The molecule has 0 bridgehead atoms. The zero-order chi connectivity index (χ0) is 19.3. The smallest absolute Gasteiger partial charge is 0.339 e. The third-order valence-electron chi connectivity index (χ3n) is 3.41. The minimum Gasteiger partial charge on any atom is -0.465 e. The number of hydrogen-bond acceptors (Lipinski definition) is 5. The van der Waals surface area contributed by atoms with E-state index in [-0.39, 0.29) is 11.3 Å². The molecule has 1 N–H and O–H groups in total. The maximum atomic E-state index is 12.4. The lowest BCUT2D eigenvalue weighted by Gasteiger charge is -2.22. The van der Waals surface area contributed by atoms with Crippen LogP contribution in [0.1, 0.15) is 10.4 Å². The number of methoxy groups -OCH3 is 1. The van der Waals surface area contributed by atoms with Gasteiger partial charge in [0.15, 0.2) is 0 Å². The van der Waals surface area contributed by atoms with Crippen molar-refractivity contribution < 1.29 is 22.7 Å². The summed E-state index contributed by atoms with van der Waals surface area (Å²) in [7, 11) is -2.45. The molecule has 0 saturated carbocycles. The number of rotatable bonds is 6. The maximum absolute atomic E-state index is 12.4. The fraction of sp³-hybridized carbons (Fsp3) is 0.176. The first-order valence-electron chi connectivity index (χ1n) is 7.43. The SMILES string of the molecule is COC(=O)c1ccccc1NC(=O)CN(c1ccc(Br)cc1)S(C)(=O)=O. The van der Waals surface area contributed by atoms with Crippen molar-refractivity contribution in [2.24, 2.45) is 0 Å². The molecule has 0 aliphatic carbocycles. The number of hydrogen-bond donors (Lipinski definition) is 1. The van der Waals surface area contributed by atoms with Crippen LogP contribution in [0.25, 0.3) is 0 Å². The van der Waals surface area contributed by atoms with Crippen LogP contribution < -0.4 is 9.62 Å². The van der Waals surface area contributed by atoms with Crippen LogP contribution in [0.15, 0.2) is 53.0 Å². The van der Waals surface area contributed by atoms with Crippen molar-refractivity contribution in [2.45, 2.75) is 0 Å². The number of benzene rings is 2. The standard InChI is InChI=1S/C17H17BrN2O5S/c1-25-17(22)14-5-3-4-6-15(14)19-16(21)11-20(26(2,23)24)13-9-7-12(18)8-10-13/h3-10H,11H2,1-2H3,(H,19,21). The van der Waals surface area contributed by atoms with Crippen molar-refractivity contribution in [2.75, 3.05) is 29.5 Å². The van der Waals surface area contributed by atoms with Gasteiger partial charge in [0.1, 0.15) is 6.54 Å². The predicted octanol–water partition coefficient (Wildman–Crippen LogP) is 2.64. The normalized spacial score (nSPS) is 10.9. The fourth-order valence-electron chi connectivity index (χ4n) is 2.21. The number of carbonyl (C=O) groups excluding carboxylic acids is 2. The van der Waals surface area contributed by atoms with E-state index >= 15 is 0 Å². The third kappa shape index (κ3) is 5.06. The van der Waals surface area contributed by atoms with Gasteiger partial charge in [-0.1, -0.05) is 28.1 Å². The van der Waals surface area contributed by atoms with Gasteiger partial charge in [-0.25, -0.2) is 13.2 Å². The molecule has 0 aliphatic heterocycles. The molecule has 1 amide bonds. The topological polar surface area (TPSA) is 92.8 Å². The molecule has 0 spiro atoms. The first kappa shape index (κ1) is 19.9. The molecule has 26 heavy (non-hydrogen) atoms. The van der Waals surface area contributed by atoms with Gasteiger partial charge in [0, 0.05) is 4.47 Å². The summed E-state index contributed by atoms with van der Waals surface area (Å²) >= 11 is 3.28. The lowest BCUT2D eigenvalue weighted by molar-refractivity contribution is -0.114. The molecule has 0 aromatic heterocycles. The minimum absolute atomic E-state index is 0.179. The fourth-order valence-corrected chi connectivity index (χ4v) is 3.33. The molecule has 2 rings (SSSR count). The van der Waals surface area contributed by atoms with Crippen LogP contribution >= 0.6 is 15.9 Å². The molecule has 138 valence electrons. The van der Waals surface area contributed by atoms with Crippen molar-refractivity contribution in [1.29, 1.82) is 0 Å². The Labute approximate surface area is 160 Å². The Bertz CT molecular complexity index is 913. The van der Waals surface area contributed by atoms with Crippen molar-refractivity contribution in [3.8, 4) is 0 Å². The lowest BCUT2D eigenvalue weighted by Crippen LogP contribution is -2.37. The van der Waals surface area contributed by atoms with Crippen LogP contribution in [0.4, 0.5) is 11.4 Å². The average Bonchev–Trinajstić information content (AvgIpc) is 2.59. The average molecular weight is 441 g/mol. The number of carbonyl (C=O) groups is 2. The van der Waals surface area contributed by atoms with Gasteiger partial charge in [-0.3, -0.25) is 9.10 Å². The van der Waals surface area contributed by atoms with Crippen molar-refractivity contribution in [3.05, 3.63) is 58.6 Å². The van der Waals surface area contributed by atoms with Crippen molar-refractivity contribution in [3.63, 3.8) is 0 Å². The van der Waals surface area contributed by atoms with Gasteiger partial charge in [0.25, 0.3) is 0 Å². The molecule has 0 atom stereocenters. The number of para-hydroxylation sites is 1. The quantitative estimate of drug-likeness (QED) is 0.696. The van der Waals surface area contributed by atoms with Gasteiger partial charge in [0.2, 0.25) is 15.9 Å². The molecule has 2 aromatic rings. The van der Waals surface area contributed by atoms with Gasteiger partial charge in [-0.05, 0) is 36.4 Å². The Morgan fingerprint density at radius 1 is 1.12 bits per heavy atom. The molecule has 0 unspecified atom stereocenters. The second-order valence-electron chi connectivity index (χ2n) is 5.33. The van der Waals surface area contributed by atoms with Gasteiger partial charge < -0.3 is 10.1 Å². The zero-order valence-corrected chi connectivity index (χ0v) is 16.5. The molecular weight excluding hydrogens is 424 g/mol. The van der Waals surface area contributed by atoms with Crippen LogP contribution in [0.3, 0.4) is 0 Å². The van der Waals surface area contributed by atoms with Crippen LogP contribution in [0.5, 0.6) is 0 Å². The summed E-state index contributed by atoms with van der Waals surface area (Å²) < 4.78 is 30.6. The summed E-state index contributed by atoms with van der Waals surface area (Å²) in [6, 6.07) is 12.8. The minimum atomic E-state index is -3.68. The lowest BCUT2D eigenvalue weighted by atomic mass is 10.2. The first-order chi connectivity index (χ1) is 12.2. The number of amides is 1. The van der Waals surface area contributed by atoms with E-state index < -0.39 is 28.4 Å². The monoisotopic (exact) mass is 440 g/mol. The second-order valence-corrected chi connectivity index (χ2v) is 8.15. The Morgan fingerprint density at radius 2 is 1.73 bits per heavy atom. The van der Waals surface area contributed by atoms with E-state index in [1.807, 2.05) is 0 Å². The third-order valence-corrected chi connectivity index (χ3v) is 5.08. The number of nitrogens with one attached hydrogen (secondary N) is 1. The highest BCUT2D eigenvalue weighted by molar-refractivity contribution is 9.10. The van der Waals surface area contributed by atoms with E-state index in [1.54, 1.807) is 36.4 Å². The van der Waals surface area contributed by atoms with E-state index in [4.69, 9.17) is 0 Å². The molecular formula is C17H17BrN2O5S. The Balaban J connectivity index is 2.24. The predicted molar refractivity (Wildman–Crippen MR) is 103 cm³/mol. The Morgan fingerprint density at radius 3 is 2.31 bits per heavy atom. The maximum Gasteiger partial charge on any atom is 0.339 e. The van der Waals surface area contributed by atoms with E-state index in [9.17, 15) is 18.0 Å². The molecule has 2 aromatic carbocycles. The molecule has 0 radical (unpaired) electrons. The number of ether oxygens (including phenoxy) is 1. The second kappa shape index (κ2) is 8.33. The summed E-state index contributed by atoms with van der Waals surface area (Å²) in [5, 5.41) is 2.55. The Hall–Kier alpha value is -2.39. The molecule has 9 heteroatoms. The number of esters is 1. The summed E-state index contributed by atoms with van der Waals surface area (Å²) in [6.07, 6.45) is 1.02. The highest BCUT2D eigenvalue weighted by Crippen LogP contribution is 2.21. The van der Waals surface area contributed by atoms with Crippen LogP contribution in [-0.4, -0.2) is 40.2 Å². The van der Waals surface area contributed by atoms with Gasteiger partial charge in [0.05, 0.1) is 30.3 Å². The van der Waals surface area contributed by atoms with E-state index in [0.29, 0.717) is 5.69 Å². The molecule has 0 aliphatic rings. The largest absolute Gasteiger partial charge is 0.465 e. The first-order valence-corrected chi connectivity index (χ1v) is 10.1. The van der Waals surface area contributed by atoms with Crippen LogP contribution in [0, 0.1) is 0 Å². The summed E-state index contributed by atoms with van der Waals surface area (Å²) in [4.78, 5) is 24.2. The molecule has 0 saturated heterocycles. The number of halogens is 1. The zero-order valence-electron chi connectivity index (χ0n) is 14.1. The van der Waals surface area contributed by atoms with Crippen LogP contribution in [-0.2, 0) is 19.6 Å². The van der Waals surface area contributed by atoms with E-state index in [1.165, 1.54) is 19.2 Å². The summed E-state index contributed by atoms with van der Waals surface area (Å²) in [5.41, 5.74) is 0.776. The number of sulfonamides is 1. The highest BCUT2D eigenvalue weighted by Gasteiger charge is 2.22. The van der Waals surface area contributed by atoms with Gasteiger partial charge in [-0.15, -0.1) is 0 Å².